The first kappa shape index (κ1) is 12.6. The molecule has 0 atom stereocenters. The molecular weight excluding hydrogens is 193 g/mol. The SMILES string of the molecule is Cc1ccc([B-](F)(F)F)cn1.[K+]. The Bertz CT molecular complexity index is 246. The van der Waals surface area contributed by atoms with Crippen molar-refractivity contribution in [1.29, 1.82) is 0 Å². The molecule has 1 rings (SSSR count). The third kappa shape index (κ3) is 3.57. The average molecular weight is 199 g/mol. The summed E-state index contributed by atoms with van der Waals surface area (Å²) in [4.78, 5) is 3.54. The van der Waals surface area contributed by atoms with E-state index in [2.05, 4.69) is 4.98 Å². The Morgan fingerprint density at radius 1 is 1.25 bits per heavy atom. The van der Waals surface area contributed by atoms with E-state index in [-0.39, 0.29) is 51.4 Å². The largest absolute Gasteiger partial charge is 1.00 e. The van der Waals surface area contributed by atoms with Gasteiger partial charge in [-0.05, 0) is 13.0 Å². The first-order chi connectivity index (χ1) is 5.00. The van der Waals surface area contributed by atoms with Crippen molar-refractivity contribution in [2.75, 3.05) is 0 Å². The molecule has 6 heteroatoms. The van der Waals surface area contributed by atoms with Crippen molar-refractivity contribution in [2.24, 2.45) is 0 Å². The van der Waals surface area contributed by atoms with Crippen molar-refractivity contribution < 1.29 is 64.3 Å². The van der Waals surface area contributed by atoms with Gasteiger partial charge in [-0.1, -0.05) is 11.5 Å². The summed E-state index contributed by atoms with van der Waals surface area (Å²) in [7, 11) is 0. The van der Waals surface area contributed by atoms with Gasteiger partial charge in [0.25, 0.3) is 0 Å². The van der Waals surface area contributed by atoms with Crippen molar-refractivity contribution >= 4 is 12.4 Å². The van der Waals surface area contributed by atoms with Gasteiger partial charge in [-0.2, -0.15) is 0 Å². The van der Waals surface area contributed by atoms with Gasteiger partial charge >= 0.3 is 58.4 Å². The Kier molecular flexibility index (Phi) is 5.01. The molecule has 0 aliphatic rings. The van der Waals surface area contributed by atoms with Crippen LogP contribution in [0.2, 0.25) is 0 Å². The Morgan fingerprint density at radius 2 is 1.83 bits per heavy atom. The van der Waals surface area contributed by atoms with Gasteiger partial charge in [-0.15, -0.1) is 0 Å². The van der Waals surface area contributed by atoms with Crippen LogP contribution in [0, 0.1) is 6.92 Å². The molecule has 1 nitrogen and oxygen atoms in total. The second kappa shape index (κ2) is 4.76. The van der Waals surface area contributed by atoms with E-state index in [1.165, 1.54) is 6.07 Å². The molecule has 0 saturated carbocycles. The minimum Gasteiger partial charge on any atom is -0.445 e. The molecule has 1 heterocycles. The van der Waals surface area contributed by atoms with Crippen LogP contribution in [0.15, 0.2) is 18.3 Å². The molecule has 0 radical (unpaired) electrons. The summed E-state index contributed by atoms with van der Waals surface area (Å²) in [5, 5.41) is 0. The van der Waals surface area contributed by atoms with Gasteiger partial charge in [0.15, 0.2) is 0 Å². The average Bonchev–Trinajstić information content (AvgIpc) is 1.86. The van der Waals surface area contributed by atoms with Crippen LogP contribution in [0.5, 0.6) is 0 Å². The smallest absolute Gasteiger partial charge is 0.445 e. The van der Waals surface area contributed by atoms with Gasteiger partial charge < -0.3 is 12.9 Å². The molecular formula is C6H6BF3KN. The zero-order chi connectivity index (χ0) is 8.48. The number of aryl methyl sites for hydroxylation is 1. The summed E-state index contributed by atoms with van der Waals surface area (Å²) >= 11 is 0. The van der Waals surface area contributed by atoms with Crippen LogP contribution >= 0.6 is 0 Å². The molecule has 0 amide bonds. The number of pyridine rings is 1. The number of aromatic nitrogens is 1. The van der Waals surface area contributed by atoms with Crippen molar-refractivity contribution in [1.82, 2.24) is 4.98 Å². The van der Waals surface area contributed by atoms with Crippen molar-refractivity contribution in [3.05, 3.63) is 24.0 Å². The van der Waals surface area contributed by atoms with Crippen LogP contribution in [0.3, 0.4) is 0 Å². The van der Waals surface area contributed by atoms with Crippen LogP contribution in [0.4, 0.5) is 12.9 Å². The molecule has 0 aromatic carbocycles. The van der Waals surface area contributed by atoms with Crippen molar-refractivity contribution in [3.63, 3.8) is 0 Å². The fourth-order valence-corrected chi connectivity index (χ4v) is 0.673. The van der Waals surface area contributed by atoms with Crippen molar-refractivity contribution in [3.8, 4) is 0 Å². The summed E-state index contributed by atoms with van der Waals surface area (Å²) in [5.74, 6) is 0. The molecule has 60 valence electrons. The molecule has 0 aliphatic heterocycles. The summed E-state index contributed by atoms with van der Waals surface area (Å²) < 4.78 is 35.8. The maximum absolute atomic E-state index is 11.9. The number of halogens is 3. The van der Waals surface area contributed by atoms with Gasteiger partial charge in [0.2, 0.25) is 0 Å². The maximum atomic E-state index is 11.9. The van der Waals surface area contributed by atoms with Gasteiger partial charge in [0.1, 0.15) is 0 Å². The predicted octanol–water partition coefficient (Wildman–Crippen LogP) is -1.55. The number of hydrogen-bond donors (Lipinski definition) is 0. The Balaban J connectivity index is 0.00000121. The van der Waals surface area contributed by atoms with Gasteiger partial charge in [-0.3, -0.25) is 4.98 Å². The maximum Gasteiger partial charge on any atom is 1.00 e. The van der Waals surface area contributed by atoms with Gasteiger partial charge in [-0.25, -0.2) is 0 Å². The molecule has 0 N–H and O–H groups in total. The van der Waals surface area contributed by atoms with E-state index in [0.717, 1.165) is 12.3 Å². The number of rotatable bonds is 1. The zero-order valence-electron chi connectivity index (χ0n) is 6.89. The predicted molar refractivity (Wildman–Crippen MR) is 37.7 cm³/mol. The van der Waals surface area contributed by atoms with Crippen molar-refractivity contribution in [2.45, 2.75) is 6.92 Å². The monoisotopic (exact) mass is 199 g/mol. The van der Waals surface area contributed by atoms with E-state index in [1.807, 2.05) is 0 Å². The first-order valence-corrected chi connectivity index (χ1v) is 3.12. The van der Waals surface area contributed by atoms with Crippen LogP contribution in [0.25, 0.3) is 0 Å². The van der Waals surface area contributed by atoms with E-state index < -0.39 is 12.4 Å². The minimum atomic E-state index is -4.88. The standard InChI is InChI=1S/C6H6BF3N.K/c1-5-2-3-6(4-11-5)7(8,9)10;/h2-4H,1H3;/q-1;+1. The van der Waals surface area contributed by atoms with E-state index in [4.69, 9.17) is 0 Å². The van der Waals surface area contributed by atoms with Crippen LogP contribution in [-0.2, 0) is 0 Å². The van der Waals surface area contributed by atoms with Gasteiger partial charge in [0.05, 0.1) is 0 Å². The number of nitrogens with zero attached hydrogens (tertiary/aromatic N) is 1. The summed E-state index contributed by atoms with van der Waals surface area (Å²) in [6.45, 7) is -3.23. The summed E-state index contributed by atoms with van der Waals surface area (Å²) in [6.07, 6.45) is 0.856. The first-order valence-electron chi connectivity index (χ1n) is 3.12. The Hall–Kier alpha value is 0.641. The van der Waals surface area contributed by atoms with E-state index in [1.54, 1.807) is 6.92 Å². The molecule has 0 fully saturated rings. The Labute approximate surface area is 111 Å². The number of hydrogen-bond acceptors (Lipinski definition) is 1. The molecule has 0 unspecified atom stereocenters. The van der Waals surface area contributed by atoms with Crippen LogP contribution < -0.4 is 56.8 Å². The Morgan fingerprint density at radius 3 is 2.17 bits per heavy atom. The third-order valence-corrected chi connectivity index (χ3v) is 1.31. The minimum absolute atomic E-state index is 0. The van der Waals surface area contributed by atoms with Crippen LogP contribution in [-0.4, -0.2) is 12.0 Å². The van der Waals surface area contributed by atoms with E-state index >= 15 is 0 Å². The second-order valence-electron chi connectivity index (χ2n) is 2.31. The fourth-order valence-electron chi connectivity index (χ4n) is 0.673. The normalized spacial score (nSPS) is 10.7. The van der Waals surface area contributed by atoms with E-state index in [0.29, 0.717) is 5.69 Å². The molecule has 0 bridgehead atoms. The molecule has 0 saturated heterocycles. The quantitative estimate of drug-likeness (QED) is 0.499. The summed E-state index contributed by atoms with van der Waals surface area (Å²) in [6, 6.07) is 2.40. The third-order valence-electron chi connectivity index (χ3n) is 1.31. The molecule has 1 aromatic heterocycles. The molecule has 0 spiro atoms. The zero-order valence-corrected chi connectivity index (χ0v) is 10.0. The second-order valence-corrected chi connectivity index (χ2v) is 2.31. The molecule has 0 aliphatic carbocycles. The molecule has 1 aromatic rings. The summed E-state index contributed by atoms with van der Waals surface area (Å²) in [5.41, 5.74) is -0.0515. The van der Waals surface area contributed by atoms with Gasteiger partial charge in [0, 0.05) is 11.9 Å². The molecule has 12 heavy (non-hydrogen) atoms. The fraction of sp³-hybridized carbons (Fsp3) is 0.167. The van der Waals surface area contributed by atoms with Crippen LogP contribution in [0.1, 0.15) is 5.69 Å². The van der Waals surface area contributed by atoms with E-state index in [9.17, 15) is 12.9 Å². The topological polar surface area (TPSA) is 12.9 Å².